The molecular weight excluding hydrogens is 336 g/mol. The van der Waals surface area contributed by atoms with E-state index in [9.17, 15) is 8.78 Å². The zero-order valence-corrected chi connectivity index (χ0v) is 14.5. The first kappa shape index (κ1) is 17.6. The second kappa shape index (κ2) is 7.35. The van der Waals surface area contributed by atoms with E-state index in [0.29, 0.717) is 29.6 Å². The SMILES string of the molecule is CCN(c1cccc(C)c1)c1ncnc(Nc2ccc(F)c(F)c2)c1N. The highest BCUT2D eigenvalue weighted by molar-refractivity contribution is 5.81. The molecule has 0 amide bonds. The number of nitrogens with one attached hydrogen (secondary N) is 1. The van der Waals surface area contributed by atoms with Gasteiger partial charge in [0.15, 0.2) is 23.3 Å². The standard InChI is InChI=1S/C19H19F2N5/c1-3-26(14-6-4-5-12(2)9-14)19-17(22)18(23-11-24-19)25-13-7-8-15(20)16(21)10-13/h4-11H,3,22H2,1-2H3,(H,23,24,25). The van der Waals surface area contributed by atoms with Gasteiger partial charge >= 0.3 is 0 Å². The van der Waals surface area contributed by atoms with Crippen LogP contribution in [0.4, 0.5) is 37.5 Å². The number of nitrogen functional groups attached to an aromatic ring is 1. The number of halogens is 2. The highest BCUT2D eigenvalue weighted by Gasteiger charge is 2.16. The van der Waals surface area contributed by atoms with Gasteiger partial charge in [-0.05, 0) is 43.7 Å². The molecular formula is C19H19F2N5. The van der Waals surface area contributed by atoms with Crippen molar-refractivity contribution in [3.05, 3.63) is 66.0 Å². The largest absolute Gasteiger partial charge is 0.393 e. The number of benzene rings is 2. The van der Waals surface area contributed by atoms with Gasteiger partial charge in [0.25, 0.3) is 0 Å². The monoisotopic (exact) mass is 355 g/mol. The van der Waals surface area contributed by atoms with Gasteiger partial charge in [-0.2, -0.15) is 0 Å². The van der Waals surface area contributed by atoms with Crippen LogP contribution in [0.15, 0.2) is 48.8 Å². The van der Waals surface area contributed by atoms with Crippen molar-refractivity contribution < 1.29 is 8.78 Å². The molecule has 1 heterocycles. The average Bonchev–Trinajstić information content (AvgIpc) is 2.62. The van der Waals surface area contributed by atoms with E-state index in [0.717, 1.165) is 23.4 Å². The lowest BCUT2D eigenvalue weighted by atomic mass is 10.2. The Bertz CT molecular complexity index is 930. The Hall–Kier alpha value is -3.22. The van der Waals surface area contributed by atoms with Crippen molar-refractivity contribution in [3.63, 3.8) is 0 Å². The number of aryl methyl sites for hydroxylation is 1. The summed E-state index contributed by atoms with van der Waals surface area (Å²) in [7, 11) is 0. The van der Waals surface area contributed by atoms with Crippen LogP contribution in [0.5, 0.6) is 0 Å². The van der Waals surface area contributed by atoms with Gasteiger partial charge in [0.1, 0.15) is 12.0 Å². The van der Waals surface area contributed by atoms with Gasteiger partial charge in [0.05, 0.1) is 0 Å². The molecule has 0 atom stereocenters. The van der Waals surface area contributed by atoms with E-state index in [4.69, 9.17) is 5.73 Å². The summed E-state index contributed by atoms with van der Waals surface area (Å²) in [4.78, 5) is 10.4. The third-order valence-electron chi connectivity index (χ3n) is 3.93. The molecule has 3 rings (SSSR count). The van der Waals surface area contributed by atoms with E-state index in [2.05, 4.69) is 15.3 Å². The summed E-state index contributed by atoms with van der Waals surface area (Å²) in [6, 6.07) is 11.5. The number of rotatable bonds is 5. The van der Waals surface area contributed by atoms with Crippen LogP contribution in [0.25, 0.3) is 0 Å². The minimum Gasteiger partial charge on any atom is -0.393 e. The summed E-state index contributed by atoms with van der Waals surface area (Å²) in [6.45, 7) is 4.65. The molecule has 3 N–H and O–H groups in total. The number of nitrogens with zero attached hydrogens (tertiary/aromatic N) is 3. The number of aromatic nitrogens is 2. The topological polar surface area (TPSA) is 67.1 Å². The normalized spacial score (nSPS) is 10.6. The van der Waals surface area contributed by atoms with Crippen molar-refractivity contribution in [3.8, 4) is 0 Å². The first-order chi connectivity index (χ1) is 12.5. The van der Waals surface area contributed by atoms with Crippen molar-refractivity contribution in [1.29, 1.82) is 0 Å². The maximum atomic E-state index is 13.4. The first-order valence-corrected chi connectivity index (χ1v) is 8.16. The Kier molecular flexibility index (Phi) is 4.97. The summed E-state index contributed by atoms with van der Waals surface area (Å²) < 4.78 is 26.5. The fourth-order valence-electron chi connectivity index (χ4n) is 2.66. The van der Waals surface area contributed by atoms with Crippen LogP contribution in [0, 0.1) is 18.6 Å². The first-order valence-electron chi connectivity index (χ1n) is 8.16. The van der Waals surface area contributed by atoms with Gasteiger partial charge in [-0.15, -0.1) is 0 Å². The third-order valence-corrected chi connectivity index (χ3v) is 3.93. The molecule has 134 valence electrons. The second-order valence-electron chi connectivity index (χ2n) is 5.80. The van der Waals surface area contributed by atoms with Gasteiger partial charge in [-0.1, -0.05) is 12.1 Å². The molecule has 0 radical (unpaired) electrons. The average molecular weight is 355 g/mol. The molecule has 7 heteroatoms. The molecule has 0 fully saturated rings. The molecule has 0 spiro atoms. The summed E-state index contributed by atoms with van der Waals surface area (Å²) in [5.41, 5.74) is 8.99. The van der Waals surface area contributed by atoms with Crippen molar-refractivity contribution in [2.24, 2.45) is 0 Å². The van der Waals surface area contributed by atoms with E-state index >= 15 is 0 Å². The minimum atomic E-state index is -0.946. The molecule has 0 saturated heterocycles. The third kappa shape index (κ3) is 3.56. The van der Waals surface area contributed by atoms with Crippen LogP contribution in [0.1, 0.15) is 12.5 Å². The molecule has 2 aromatic carbocycles. The Morgan fingerprint density at radius 2 is 1.88 bits per heavy atom. The van der Waals surface area contributed by atoms with Crippen LogP contribution in [0.2, 0.25) is 0 Å². The molecule has 0 aliphatic rings. The van der Waals surface area contributed by atoms with Crippen LogP contribution in [-0.4, -0.2) is 16.5 Å². The van der Waals surface area contributed by atoms with Gasteiger partial charge < -0.3 is 16.0 Å². The molecule has 5 nitrogen and oxygen atoms in total. The predicted molar refractivity (Wildman–Crippen MR) is 99.9 cm³/mol. The zero-order valence-electron chi connectivity index (χ0n) is 14.5. The van der Waals surface area contributed by atoms with E-state index in [-0.39, 0.29) is 0 Å². The zero-order chi connectivity index (χ0) is 18.7. The van der Waals surface area contributed by atoms with E-state index < -0.39 is 11.6 Å². The Morgan fingerprint density at radius 1 is 1.08 bits per heavy atom. The lowest BCUT2D eigenvalue weighted by Gasteiger charge is -2.24. The predicted octanol–water partition coefficient (Wildman–Crippen LogP) is 4.55. The maximum absolute atomic E-state index is 13.4. The maximum Gasteiger partial charge on any atom is 0.161 e. The second-order valence-corrected chi connectivity index (χ2v) is 5.80. The van der Waals surface area contributed by atoms with Gasteiger partial charge in [0.2, 0.25) is 0 Å². The van der Waals surface area contributed by atoms with Gasteiger partial charge in [0, 0.05) is 24.0 Å². The summed E-state index contributed by atoms with van der Waals surface area (Å²) in [5.74, 6) is -0.994. The molecule has 1 aromatic heterocycles. The van der Waals surface area contributed by atoms with Crippen LogP contribution >= 0.6 is 0 Å². The molecule has 0 saturated carbocycles. The molecule has 0 aliphatic heterocycles. The quantitative estimate of drug-likeness (QED) is 0.703. The lowest BCUT2D eigenvalue weighted by molar-refractivity contribution is 0.509. The minimum absolute atomic E-state index is 0.320. The van der Waals surface area contributed by atoms with Crippen LogP contribution in [0.3, 0.4) is 0 Å². The van der Waals surface area contributed by atoms with Crippen molar-refractivity contribution in [2.75, 3.05) is 22.5 Å². The number of hydrogen-bond donors (Lipinski definition) is 2. The fraction of sp³-hybridized carbons (Fsp3) is 0.158. The highest BCUT2D eigenvalue weighted by Crippen LogP contribution is 2.33. The van der Waals surface area contributed by atoms with Crippen molar-refractivity contribution >= 4 is 28.7 Å². The van der Waals surface area contributed by atoms with E-state index in [1.807, 2.05) is 43.0 Å². The van der Waals surface area contributed by atoms with Crippen LogP contribution < -0.4 is 16.0 Å². The molecule has 3 aromatic rings. The van der Waals surface area contributed by atoms with Gasteiger partial charge in [-0.3, -0.25) is 0 Å². The number of hydrogen-bond acceptors (Lipinski definition) is 5. The highest BCUT2D eigenvalue weighted by atomic mass is 19.2. The van der Waals surface area contributed by atoms with Crippen molar-refractivity contribution in [2.45, 2.75) is 13.8 Å². The lowest BCUT2D eigenvalue weighted by Crippen LogP contribution is -2.20. The molecule has 0 bridgehead atoms. The Balaban J connectivity index is 1.96. The van der Waals surface area contributed by atoms with E-state index in [1.165, 1.54) is 12.4 Å². The van der Waals surface area contributed by atoms with Crippen molar-refractivity contribution in [1.82, 2.24) is 9.97 Å². The van der Waals surface area contributed by atoms with Gasteiger partial charge in [-0.25, -0.2) is 18.7 Å². The molecule has 0 unspecified atom stereocenters. The number of anilines is 5. The van der Waals surface area contributed by atoms with Crippen LogP contribution in [-0.2, 0) is 0 Å². The fourth-order valence-corrected chi connectivity index (χ4v) is 2.66. The molecule has 0 aliphatic carbocycles. The Morgan fingerprint density at radius 3 is 2.58 bits per heavy atom. The smallest absolute Gasteiger partial charge is 0.161 e. The van der Waals surface area contributed by atoms with E-state index in [1.54, 1.807) is 0 Å². The summed E-state index contributed by atoms with van der Waals surface area (Å²) in [5, 5.41) is 2.91. The molecule has 26 heavy (non-hydrogen) atoms. The number of nitrogens with two attached hydrogens (primary N) is 1. The summed E-state index contributed by atoms with van der Waals surface area (Å²) in [6.07, 6.45) is 1.38. The Labute approximate surface area is 150 Å². The summed E-state index contributed by atoms with van der Waals surface area (Å²) >= 11 is 0.